The Morgan fingerprint density at radius 3 is 2.81 bits per heavy atom. The highest BCUT2D eigenvalue weighted by atomic mass is 35.5. The fraction of sp³-hybridized carbons (Fsp3) is 0.0909. The minimum absolute atomic E-state index is 0.0637. The van der Waals surface area contributed by atoms with Gasteiger partial charge in [-0.1, -0.05) is 17.7 Å². The number of carbonyl (C=O) groups is 1. The maximum absolute atomic E-state index is 13.6. The molecular formula is C11H8ClFN2O. The standard InChI is InChI=1S/C11H8ClFN2O/c1-15-6-5-9(14-15)11(16)7-3-2-4-8(12)10(7)13/h2-6H,1H3. The average Bonchev–Trinajstić information content (AvgIpc) is 2.68. The summed E-state index contributed by atoms with van der Waals surface area (Å²) in [4.78, 5) is 11.9. The fourth-order valence-electron chi connectivity index (χ4n) is 1.35. The van der Waals surface area contributed by atoms with E-state index in [2.05, 4.69) is 5.10 Å². The van der Waals surface area contributed by atoms with E-state index in [-0.39, 0.29) is 16.3 Å². The van der Waals surface area contributed by atoms with Gasteiger partial charge in [-0.05, 0) is 18.2 Å². The van der Waals surface area contributed by atoms with E-state index in [4.69, 9.17) is 11.6 Å². The maximum Gasteiger partial charge on any atom is 0.216 e. The average molecular weight is 239 g/mol. The number of nitrogens with zero attached hydrogens (tertiary/aromatic N) is 2. The summed E-state index contributed by atoms with van der Waals surface area (Å²) in [6.07, 6.45) is 1.62. The monoisotopic (exact) mass is 238 g/mol. The predicted octanol–water partition coefficient (Wildman–Crippen LogP) is 2.44. The zero-order valence-electron chi connectivity index (χ0n) is 8.45. The molecule has 0 aliphatic rings. The SMILES string of the molecule is Cn1ccc(C(=O)c2cccc(Cl)c2F)n1. The number of hydrogen-bond acceptors (Lipinski definition) is 2. The lowest BCUT2D eigenvalue weighted by molar-refractivity contribution is 0.103. The van der Waals surface area contributed by atoms with Crippen molar-refractivity contribution in [3.63, 3.8) is 0 Å². The Kier molecular flexibility index (Phi) is 2.75. The normalized spacial score (nSPS) is 10.4. The summed E-state index contributed by atoms with van der Waals surface area (Å²) < 4.78 is 15.0. The minimum Gasteiger partial charge on any atom is -0.287 e. The molecule has 0 aliphatic carbocycles. The first-order valence-corrected chi connectivity index (χ1v) is 4.96. The molecule has 0 bridgehead atoms. The molecule has 82 valence electrons. The van der Waals surface area contributed by atoms with Gasteiger partial charge in [-0.2, -0.15) is 5.10 Å². The van der Waals surface area contributed by atoms with E-state index in [1.165, 1.54) is 28.9 Å². The van der Waals surface area contributed by atoms with Crippen molar-refractivity contribution in [2.45, 2.75) is 0 Å². The summed E-state index contributed by atoms with van der Waals surface area (Å²) in [7, 11) is 1.69. The van der Waals surface area contributed by atoms with Gasteiger partial charge >= 0.3 is 0 Å². The highest BCUT2D eigenvalue weighted by Gasteiger charge is 2.17. The van der Waals surface area contributed by atoms with Crippen LogP contribution in [0.25, 0.3) is 0 Å². The molecule has 0 fully saturated rings. The third kappa shape index (κ3) is 1.84. The van der Waals surface area contributed by atoms with Crippen molar-refractivity contribution in [1.29, 1.82) is 0 Å². The van der Waals surface area contributed by atoms with E-state index in [1.807, 2.05) is 0 Å². The van der Waals surface area contributed by atoms with Gasteiger partial charge in [0.1, 0.15) is 5.69 Å². The molecule has 0 saturated carbocycles. The van der Waals surface area contributed by atoms with E-state index < -0.39 is 11.6 Å². The fourth-order valence-corrected chi connectivity index (χ4v) is 1.53. The number of ketones is 1. The van der Waals surface area contributed by atoms with Crippen LogP contribution in [0, 0.1) is 5.82 Å². The third-order valence-corrected chi connectivity index (χ3v) is 2.43. The zero-order valence-corrected chi connectivity index (χ0v) is 9.20. The Hall–Kier alpha value is -1.68. The molecule has 0 amide bonds. The van der Waals surface area contributed by atoms with Gasteiger partial charge in [0, 0.05) is 13.2 Å². The topological polar surface area (TPSA) is 34.9 Å². The summed E-state index contributed by atoms with van der Waals surface area (Å²) in [5.41, 5.74) is 0.134. The summed E-state index contributed by atoms with van der Waals surface area (Å²) in [5.74, 6) is -1.18. The Morgan fingerprint density at radius 2 is 2.19 bits per heavy atom. The van der Waals surface area contributed by atoms with Crippen molar-refractivity contribution in [1.82, 2.24) is 9.78 Å². The number of hydrogen-bond donors (Lipinski definition) is 0. The molecule has 0 spiro atoms. The lowest BCUT2D eigenvalue weighted by atomic mass is 10.1. The van der Waals surface area contributed by atoms with Crippen LogP contribution in [0.15, 0.2) is 30.5 Å². The molecule has 16 heavy (non-hydrogen) atoms. The van der Waals surface area contributed by atoms with Crippen LogP contribution in [-0.4, -0.2) is 15.6 Å². The van der Waals surface area contributed by atoms with Crippen molar-refractivity contribution in [3.8, 4) is 0 Å². The highest BCUT2D eigenvalue weighted by molar-refractivity contribution is 6.31. The molecule has 0 N–H and O–H groups in total. The number of rotatable bonds is 2. The number of carbonyl (C=O) groups excluding carboxylic acids is 1. The second-order valence-corrected chi connectivity index (χ2v) is 3.71. The Labute approximate surface area is 96.5 Å². The van der Waals surface area contributed by atoms with Crippen LogP contribution in [0.5, 0.6) is 0 Å². The molecule has 5 heteroatoms. The molecule has 2 rings (SSSR count). The van der Waals surface area contributed by atoms with Gasteiger partial charge in [0.25, 0.3) is 0 Å². The molecule has 0 unspecified atom stereocenters. The van der Waals surface area contributed by atoms with Crippen molar-refractivity contribution >= 4 is 17.4 Å². The Morgan fingerprint density at radius 1 is 1.44 bits per heavy atom. The number of aryl methyl sites for hydroxylation is 1. The van der Waals surface area contributed by atoms with Gasteiger partial charge < -0.3 is 0 Å². The summed E-state index contributed by atoms with van der Waals surface area (Å²) in [6.45, 7) is 0. The Bertz CT molecular complexity index is 551. The maximum atomic E-state index is 13.6. The predicted molar refractivity (Wildman–Crippen MR) is 58.1 cm³/mol. The number of benzene rings is 1. The van der Waals surface area contributed by atoms with Crippen LogP contribution in [0.3, 0.4) is 0 Å². The smallest absolute Gasteiger partial charge is 0.216 e. The molecule has 1 aromatic heterocycles. The lowest BCUT2D eigenvalue weighted by Gasteiger charge is -2.01. The number of aromatic nitrogens is 2. The molecular weight excluding hydrogens is 231 g/mol. The van der Waals surface area contributed by atoms with Crippen LogP contribution in [0.2, 0.25) is 5.02 Å². The molecule has 3 nitrogen and oxygen atoms in total. The molecule has 2 aromatic rings. The van der Waals surface area contributed by atoms with Crippen LogP contribution in [0.4, 0.5) is 4.39 Å². The largest absolute Gasteiger partial charge is 0.287 e. The molecule has 0 atom stereocenters. The molecule has 0 radical (unpaired) electrons. The van der Waals surface area contributed by atoms with Gasteiger partial charge in [0.2, 0.25) is 5.78 Å². The quantitative estimate of drug-likeness (QED) is 0.754. The first kappa shape index (κ1) is 10.8. The summed E-state index contributed by atoms with van der Waals surface area (Å²) in [6, 6.07) is 5.84. The second-order valence-electron chi connectivity index (χ2n) is 3.31. The first-order valence-electron chi connectivity index (χ1n) is 4.58. The lowest BCUT2D eigenvalue weighted by Crippen LogP contribution is -2.06. The van der Waals surface area contributed by atoms with Crippen LogP contribution in [0.1, 0.15) is 16.1 Å². The molecule has 0 saturated heterocycles. The van der Waals surface area contributed by atoms with E-state index in [1.54, 1.807) is 13.2 Å². The van der Waals surface area contributed by atoms with E-state index in [9.17, 15) is 9.18 Å². The van der Waals surface area contributed by atoms with Crippen LogP contribution < -0.4 is 0 Å². The zero-order chi connectivity index (χ0) is 11.7. The Balaban J connectivity index is 2.45. The van der Waals surface area contributed by atoms with Crippen molar-refractivity contribution in [2.24, 2.45) is 7.05 Å². The van der Waals surface area contributed by atoms with Gasteiger partial charge in [0.05, 0.1) is 10.6 Å². The molecule has 0 aliphatic heterocycles. The van der Waals surface area contributed by atoms with E-state index in [0.717, 1.165) is 0 Å². The second kappa shape index (κ2) is 4.06. The van der Waals surface area contributed by atoms with Crippen molar-refractivity contribution in [3.05, 3.63) is 52.6 Å². The van der Waals surface area contributed by atoms with Crippen LogP contribution in [-0.2, 0) is 7.05 Å². The molecule has 1 heterocycles. The molecule has 1 aromatic carbocycles. The van der Waals surface area contributed by atoms with Crippen molar-refractivity contribution < 1.29 is 9.18 Å². The van der Waals surface area contributed by atoms with Gasteiger partial charge in [-0.3, -0.25) is 9.48 Å². The van der Waals surface area contributed by atoms with Gasteiger partial charge in [0.15, 0.2) is 5.82 Å². The van der Waals surface area contributed by atoms with E-state index in [0.29, 0.717) is 0 Å². The van der Waals surface area contributed by atoms with Crippen LogP contribution >= 0.6 is 11.6 Å². The highest BCUT2D eigenvalue weighted by Crippen LogP contribution is 2.19. The van der Waals surface area contributed by atoms with Crippen molar-refractivity contribution in [2.75, 3.05) is 0 Å². The van der Waals surface area contributed by atoms with Gasteiger partial charge in [-0.25, -0.2) is 4.39 Å². The number of halogens is 2. The minimum atomic E-state index is -0.709. The van der Waals surface area contributed by atoms with Gasteiger partial charge in [-0.15, -0.1) is 0 Å². The first-order chi connectivity index (χ1) is 7.59. The summed E-state index contributed by atoms with van der Waals surface area (Å²) >= 11 is 5.60. The van der Waals surface area contributed by atoms with E-state index >= 15 is 0 Å². The third-order valence-electron chi connectivity index (χ3n) is 2.14. The summed E-state index contributed by atoms with van der Waals surface area (Å²) in [5, 5.41) is 3.85.